The fourth-order valence-corrected chi connectivity index (χ4v) is 5.10. The Morgan fingerprint density at radius 1 is 0.591 bits per heavy atom. The van der Waals surface area contributed by atoms with Crippen LogP contribution in [0.25, 0.3) is 11.1 Å². The van der Waals surface area contributed by atoms with Crippen LogP contribution in [0.3, 0.4) is 0 Å². The van der Waals surface area contributed by atoms with E-state index >= 15 is 0 Å². The molecule has 12 heteroatoms. The van der Waals surface area contributed by atoms with E-state index in [4.69, 9.17) is 23.2 Å². The molecule has 2 heterocycles. The zero-order valence-corrected chi connectivity index (χ0v) is 25.1. The molecular formula is C32H24Cl2N8O2. The van der Waals surface area contributed by atoms with Crippen molar-refractivity contribution >= 4 is 69.2 Å². The lowest BCUT2D eigenvalue weighted by Gasteiger charge is -2.12. The molecule has 0 aromatic heterocycles. The molecule has 4 aromatic rings. The molecule has 0 radical (unpaired) electrons. The summed E-state index contributed by atoms with van der Waals surface area (Å²) in [6.45, 7) is 3.48. The summed E-state index contributed by atoms with van der Waals surface area (Å²) in [7, 11) is 0. The van der Waals surface area contributed by atoms with Gasteiger partial charge >= 0.3 is 0 Å². The molecule has 2 unspecified atom stereocenters. The Labute approximate surface area is 263 Å². The molecule has 2 aliphatic rings. The highest BCUT2D eigenvalue weighted by Crippen LogP contribution is 2.35. The highest BCUT2D eigenvalue weighted by Gasteiger charge is 2.35. The molecule has 4 aromatic carbocycles. The third-order valence-electron chi connectivity index (χ3n) is 6.98. The lowest BCUT2D eigenvalue weighted by molar-refractivity contribution is -0.118. The van der Waals surface area contributed by atoms with E-state index in [0.29, 0.717) is 44.2 Å². The number of hydrogen-bond donors (Lipinski definition) is 0. The van der Waals surface area contributed by atoms with E-state index in [1.165, 1.54) is 10.0 Å². The number of azo groups is 2. The summed E-state index contributed by atoms with van der Waals surface area (Å²) in [5, 5.41) is 29.0. The summed E-state index contributed by atoms with van der Waals surface area (Å²) in [6, 6.07) is 27.2. The second-order valence-electron chi connectivity index (χ2n) is 10.0. The molecule has 2 aliphatic heterocycles. The van der Waals surface area contributed by atoms with Crippen molar-refractivity contribution < 1.29 is 9.59 Å². The number of benzene rings is 4. The fourth-order valence-electron chi connectivity index (χ4n) is 4.66. The zero-order valence-electron chi connectivity index (χ0n) is 23.5. The van der Waals surface area contributed by atoms with Gasteiger partial charge in [-0.2, -0.15) is 40.7 Å². The number of amides is 2. The first-order valence-electron chi connectivity index (χ1n) is 13.6. The van der Waals surface area contributed by atoms with Gasteiger partial charge in [0.2, 0.25) is 0 Å². The Morgan fingerprint density at radius 3 is 1.34 bits per heavy atom. The molecule has 44 heavy (non-hydrogen) atoms. The van der Waals surface area contributed by atoms with Crippen molar-refractivity contribution in [2.45, 2.75) is 25.9 Å². The topological polar surface area (TPSA) is 115 Å². The van der Waals surface area contributed by atoms with Gasteiger partial charge in [0.05, 0.1) is 32.8 Å². The predicted octanol–water partition coefficient (Wildman–Crippen LogP) is 8.41. The van der Waals surface area contributed by atoms with Crippen molar-refractivity contribution in [1.82, 2.24) is 0 Å². The van der Waals surface area contributed by atoms with Gasteiger partial charge in [0.15, 0.2) is 12.1 Å². The van der Waals surface area contributed by atoms with E-state index in [2.05, 4.69) is 30.7 Å². The molecule has 0 saturated carbocycles. The highest BCUT2D eigenvalue weighted by molar-refractivity contribution is 6.34. The molecule has 0 spiro atoms. The Bertz CT molecular complexity index is 1740. The van der Waals surface area contributed by atoms with Gasteiger partial charge < -0.3 is 0 Å². The Kier molecular flexibility index (Phi) is 8.10. The minimum Gasteiger partial charge on any atom is -0.269 e. The first kappa shape index (κ1) is 29.0. The van der Waals surface area contributed by atoms with Crippen LogP contribution in [0.2, 0.25) is 10.0 Å². The van der Waals surface area contributed by atoms with Crippen LogP contribution in [0.5, 0.6) is 0 Å². The van der Waals surface area contributed by atoms with Crippen molar-refractivity contribution in [2.75, 3.05) is 10.0 Å². The monoisotopic (exact) mass is 622 g/mol. The van der Waals surface area contributed by atoms with E-state index in [1.54, 1.807) is 62.4 Å². The van der Waals surface area contributed by atoms with Crippen LogP contribution >= 0.6 is 23.2 Å². The Balaban J connectivity index is 1.14. The van der Waals surface area contributed by atoms with E-state index < -0.39 is 12.1 Å². The Morgan fingerprint density at radius 2 is 0.977 bits per heavy atom. The van der Waals surface area contributed by atoms with Crippen LogP contribution in [0.4, 0.5) is 22.7 Å². The molecule has 10 nitrogen and oxygen atoms in total. The molecule has 218 valence electrons. The molecule has 0 bridgehead atoms. The third-order valence-corrected chi connectivity index (χ3v) is 7.59. The predicted molar refractivity (Wildman–Crippen MR) is 173 cm³/mol. The third kappa shape index (κ3) is 5.77. The summed E-state index contributed by atoms with van der Waals surface area (Å²) < 4.78 is 0. The minimum atomic E-state index is -0.831. The fraction of sp³-hybridized carbons (Fsp3) is 0.125. The lowest BCUT2D eigenvalue weighted by atomic mass is 10.0. The number of para-hydroxylation sites is 2. The van der Waals surface area contributed by atoms with E-state index in [9.17, 15) is 9.59 Å². The number of nitrogens with zero attached hydrogens (tertiary/aromatic N) is 8. The van der Waals surface area contributed by atoms with Crippen LogP contribution in [0.15, 0.2) is 128 Å². The Hall–Kier alpha value is -5.06. The maximum Gasteiger partial charge on any atom is 0.280 e. The van der Waals surface area contributed by atoms with Crippen LogP contribution < -0.4 is 10.0 Å². The summed E-state index contributed by atoms with van der Waals surface area (Å²) in [5.74, 6) is -0.573. The maximum absolute atomic E-state index is 12.9. The minimum absolute atomic E-state index is 0.287. The molecule has 6 rings (SSSR count). The first-order chi connectivity index (χ1) is 21.3. The molecule has 2 amide bonds. The number of anilines is 2. The van der Waals surface area contributed by atoms with Crippen molar-refractivity contribution in [2.24, 2.45) is 30.7 Å². The SMILES string of the molecule is CC1=NN(c2ccccc2)C(=O)C1N=Nc1ccc(-c2ccc(N=NC3C(=O)N(c4ccccc4)N=C3C)c(Cl)c2)cc1Cl. The summed E-state index contributed by atoms with van der Waals surface area (Å²) in [5.41, 5.74) is 4.80. The maximum atomic E-state index is 12.9. The smallest absolute Gasteiger partial charge is 0.269 e. The molecule has 0 fully saturated rings. The molecule has 0 aliphatic carbocycles. The number of carbonyl (C=O) groups is 2. The van der Waals surface area contributed by atoms with Gasteiger partial charge in [-0.15, -0.1) is 0 Å². The van der Waals surface area contributed by atoms with Crippen molar-refractivity contribution in [3.8, 4) is 11.1 Å². The number of rotatable bonds is 7. The van der Waals surface area contributed by atoms with Crippen molar-refractivity contribution in [3.63, 3.8) is 0 Å². The lowest BCUT2D eigenvalue weighted by Crippen LogP contribution is -2.29. The second-order valence-corrected chi connectivity index (χ2v) is 10.8. The normalized spacial score (nSPS) is 18.5. The van der Waals surface area contributed by atoms with Crippen LogP contribution in [-0.2, 0) is 9.59 Å². The number of carbonyl (C=O) groups excluding carboxylic acids is 2. The quantitative estimate of drug-likeness (QED) is 0.192. The number of hydrogen-bond acceptors (Lipinski definition) is 8. The second kappa shape index (κ2) is 12.3. The highest BCUT2D eigenvalue weighted by atomic mass is 35.5. The average Bonchev–Trinajstić information content (AvgIpc) is 3.49. The standard InChI is InChI=1S/C32H24Cl2N8O2/c1-19-29(31(43)41(39-19)23-9-5-3-6-10-23)37-35-27-15-13-21(17-25(27)33)22-14-16-28(26(34)18-22)36-38-30-20(2)40-42(32(30)44)24-11-7-4-8-12-24/h3-18,29-30H,1-2H3. The van der Waals surface area contributed by atoms with Gasteiger partial charge in [-0.05, 0) is 73.5 Å². The van der Waals surface area contributed by atoms with Crippen molar-refractivity contribution in [1.29, 1.82) is 0 Å². The summed E-state index contributed by atoms with van der Waals surface area (Å²) in [4.78, 5) is 25.8. The zero-order chi connectivity index (χ0) is 30.8. The van der Waals surface area contributed by atoms with Gasteiger partial charge in [-0.25, -0.2) is 0 Å². The number of hydrazone groups is 2. The van der Waals surface area contributed by atoms with Crippen molar-refractivity contribution in [3.05, 3.63) is 107 Å². The largest absolute Gasteiger partial charge is 0.280 e. The van der Waals surface area contributed by atoms with Crippen LogP contribution in [0, 0.1) is 0 Å². The summed E-state index contributed by atoms with van der Waals surface area (Å²) in [6.07, 6.45) is 0. The molecule has 0 N–H and O–H groups in total. The first-order valence-corrected chi connectivity index (χ1v) is 14.3. The van der Waals surface area contributed by atoms with Gasteiger partial charge in [0.25, 0.3) is 11.8 Å². The molecule has 0 saturated heterocycles. The van der Waals surface area contributed by atoms with Crippen LogP contribution in [-0.4, -0.2) is 35.3 Å². The van der Waals surface area contributed by atoms with E-state index in [-0.39, 0.29) is 11.8 Å². The number of halogens is 2. The van der Waals surface area contributed by atoms with Gasteiger partial charge in [0.1, 0.15) is 11.4 Å². The van der Waals surface area contributed by atoms with Gasteiger partial charge in [-0.3, -0.25) is 9.59 Å². The van der Waals surface area contributed by atoms with E-state index in [0.717, 1.165) is 11.1 Å². The van der Waals surface area contributed by atoms with E-state index in [1.807, 2.05) is 48.5 Å². The summed E-state index contributed by atoms with van der Waals surface area (Å²) >= 11 is 13.1. The van der Waals surface area contributed by atoms with Gasteiger partial charge in [0, 0.05) is 0 Å². The average molecular weight is 624 g/mol. The van der Waals surface area contributed by atoms with Crippen LogP contribution in [0.1, 0.15) is 13.8 Å². The van der Waals surface area contributed by atoms with Gasteiger partial charge in [-0.1, -0.05) is 71.7 Å². The molecule has 2 atom stereocenters. The molecular weight excluding hydrogens is 599 g/mol.